The van der Waals surface area contributed by atoms with E-state index in [0.717, 1.165) is 5.69 Å². The van der Waals surface area contributed by atoms with E-state index in [0.29, 0.717) is 36.3 Å². The third-order valence-electron chi connectivity index (χ3n) is 2.37. The summed E-state index contributed by atoms with van der Waals surface area (Å²) in [6.45, 7) is 4.71. The van der Waals surface area contributed by atoms with E-state index in [1.54, 1.807) is 6.92 Å². The van der Waals surface area contributed by atoms with E-state index in [4.69, 9.17) is 15.0 Å². The second-order valence-electron chi connectivity index (χ2n) is 3.73. The quantitative estimate of drug-likeness (QED) is 0.787. The molecule has 0 radical (unpaired) electrons. The van der Waals surface area contributed by atoms with Crippen molar-refractivity contribution in [2.45, 2.75) is 20.4 Å². The van der Waals surface area contributed by atoms with Crippen molar-refractivity contribution in [3.05, 3.63) is 29.9 Å². The zero-order valence-corrected chi connectivity index (χ0v) is 10.4. The van der Waals surface area contributed by atoms with Gasteiger partial charge in [-0.05, 0) is 19.1 Å². The van der Waals surface area contributed by atoms with Gasteiger partial charge >= 0.3 is 0 Å². The van der Waals surface area contributed by atoms with E-state index >= 15 is 0 Å². The van der Waals surface area contributed by atoms with Crippen LogP contribution in [0.3, 0.4) is 0 Å². The number of aromatic nitrogens is 2. The molecule has 0 bridgehead atoms. The molecule has 96 valence electrons. The molecule has 2 aromatic rings. The van der Waals surface area contributed by atoms with Crippen LogP contribution in [0.1, 0.15) is 18.6 Å². The van der Waals surface area contributed by atoms with Crippen molar-refractivity contribution < 1.29 is 9.26 Å². The molecule has 1 heterocycles. The van der Waals surface area contributed by atoms with Crippen LogP contribution in [0.25, 0.3) is 0 Å². The van der Waals surface area contributed by atoms with Crippen molar-refractivity contribution in [3.8, 4) is 5.75 Å². The number of nitrogens with zero attached hydrogens (tertiary/aromatic N) is 2. The largest absolute Gasteiger partial charge is 0.492 e. The highest BCUT2D eigenvalue weighted by Gasteiger charge is 2.07. The highest BCUT2D eigenvalue weighted by Crippen LogP contribution is 2.29. The summed E-state index contributed by atoms with van der Waals surface area (Å²) in [5.41, 5.74) is 7.36. The summed E-state index contributed by atoms with van der Waals surface area (Å²) in [6, 6.07) is 5.60. The predicted molar refractivity (Wildman–Crippen MR) is 68.4 cm³/mol. The Bertz CT molecular complexity index is 525. The van der Waals surface area contributed by atoms with Gasteiger partial charge in [0, 0.05) is 6.92 Å². The van der Waals surface area contributed by atoms with Gasteiger partial charge in [-0.25, -0.2) is 0 Å². The summed E-state index contributed by atoms with van der Waals surface area (Å²) in [4.78, 5) is 4.10. The molecular weight excluding hydrogens is 232 g/mol. The zero-order chi connectivity index (χ0) is 13.0. The molecular formula is C12H16N4O2. The van der Waals surface area contributed by atoms with Gasteiger partial charge in [0.05, 0.1) is 24.5 Å². The molecule has 3 N–H and O–H groups in total. The van der Waals surface area contributed by atoms with Gasteiger partial charge in [-0.3, -0.25) is 0 Å². The van der Waals surface area contributed by atoms with Gasteiger partial charge in [-0.15, -0.1) is 0 Å². The average Bonchev–Trinajstić information content (AvgIpc) is 2.77. The Morgan fingerprint density at radius 3 is 2.94 bits per heavy atom. The highest BCUT2D eigenvalue weighted by atomic mass is 16.5. The van der Waals surface area contributed by atoms with Crippen molar-refractivity contribution in [3.63, 3.8) is 0 Å². The Morgan fingerprint density at radius 2 is 2.28 bits per heavy atom. The van der Waals surface area contributed by atoms with Crippen molar-refractivity contribution in [1.82, 2.24) is 10.1 Å². The summed E-state index contributed by atoms with van der Waals surface area (Å²) >= 11 is 0. The molecule has 0 atom stereocenters. The van der Waals surface area contributed by atoms with Crippen LogP contribution in [-0.4, -0.2) is 16.7 Å². The molecule has 0 spiro atoms. The minimum absolute atomic E-state index is 0.455. The van der Waals surface area contributed by atoms with E-state index in [9.17, 15) is 0 Å². The van der Waals surface area contributed by atoms with E-state index in [1.807, 2.05) is 25.1 Å². The maximum absolute atomic E-state index is 5.99. The van der Waals surface area contributed by atoms with E-state index in [1.165, 1.54) is 0 Å². The van der Waals surface area contributed by atoms with Crippen LogP contribution < -0.4 is 15.8 Å². The number of nitrogen functional groups attached to an aromatic ring is 1. The third-order valence-corrected chi connectivity index (χ3v) is 2.37. The van der Waals surface area contributed by atoms with Gasteiger partial charge in [-0.1, -0.05) is 11.2 Å². The van der Waals surface area contributed by atoms with Crippen LogP contribution >= 0.6 is 0 Å². The molecule has 1 aromatic heterocycles. The second kappa shape index (κ2) is 5.39. The molecule has 2 rings (SSSR count). The molecule has 0 aliphatic carbocycles. The Labute approximate surface area is 105 Å². The summed E-state index contributed by atoms with van der Waals surface area (Å²) in [5.74, 6) is 1.81. The number of rotatable bonds is 5. The van der Waals surface area contributed by atoms with Crippen molar-refractivity contribution >= 4 is 11.4 Å². The van der Waals surface area contributed by atoms with E-state index in [-0.39, 0.29) is 0 Å². The van der Waals surface area contributed by atoms with Crippen LogP contribution in [0.2, 0.25) is 0 Å². The van der Waals surface area contributed by atoms with Crippen LogP contribution in [-0.2, 0) is 6.54 Å². The van der Waals surface area contributed by atoms with Crippen LogP contribution in [0.5, 0.6) is 5.75 Å². The number of aryl methyl sites for hydroxylation is 1. The lowest BCUT2D eigenvalue weighted by molar-refractivity contribution is 0.342. The molecule has 0 fully saturated rings. The molecule has 1 aromatic carbocycles. The van der Waals surface area contributed by atoms with Crippen LogP contribution in [0, 0.1) is 6.92 Å². The van der Waals surface area contributed by atoms with Crippen LogP contribution in [0.15, 0.2) is 22.7 Å². The van der Waals surface area contributed by atoms with Gasteiger partial charge in [0.15, 0.2) is 5.82 Å². The molecule has 18 heavy (non-hydrogen) atoms. The number of hydrogen-bond donors (Lipinski definition) is 2. The van der Waals surface area contributed by atoms with Gasteiger partial charge < -0.3 is 20.3 Å². The molecule has 6 heteroatoms. The molecule has 0 saturated carbocycles. The fourth-order valence-electron chi connectivity index (χ4n) is 1.57. The van der Waals surface area contributed by atoms with Crippen LogP contribution in [0.4, 0.5) is 11.4 Å². The van der Waals surface area contributed by atoms with Gasteiger partial charge in [0.1, 0.15) is 5.75 Å². The van der Waals surface area contributed by atoms with Crippen molar-refractivity contribution in [2.75, 3.05) is 17.7 Å². The highest BCUT2D eigenvalue weighted by molar-refractivity contribution is 5.72. The van der Waals surface area contributed by atoms with Gasteiger partial charge in [0.2, 0.25) is 5.89 Å². The number of nitrogens with two attached hydrogens (primary N) is 1. The number of hydrogen-bond acceptors (Lipinski definition) is 6. The lowest BCUT2D eigenvalue weighted by Gasteiger charge is -2.11. The first-order valence-electron chi connectivity index (χ1n) is 5.75. The maximum Gasteiger partial charge on any atom is 0.223 e. The topological polar surface area (TPSA) is 86.2 Å². The number of para-hydroxylation sites is 1. The summed E-state index contributed by atoms with van der Waals surface area (Å²) in [5, 5.41) is 6.95. The Balaban J connectivity index is 2.07. The molecule has 0 amide bonds. The zero-order valence-electron chi connectivity index (χ0n) is 10.4. The minimum Gasteiger partial charge on any atom is -0.492 e. The molecule has 0 aliphatic heterocycles. The van der Waals surface area contributed by atoms with E-state index in [2.05, 4.69) is 15.5 Å². The standard InChI is InChI=1S/C12H16N4O2/c1-3-17-10-6-4-5-9(12(10)13)14-7-11-15-8(2)18-16-11/h4-6,14H,3,7,13H2,1-2H3. The first kappa shape index (κ1) is 12.2. The number of benzene rings is 1. The molecule has 0 unspecified atom stereocenters. The number of ether oxygens (including phenoxy) is 1. The Hall–Kier alpha value is -2.24. The normalized spacial score (nSPS) is 10.3. The first-order chi connectivity index (χ1) is 8.70. The molecule has 0 aliphatic rings. The second-order valence-corrected chi connectivity index (χ2v) is 3.73. The Kier molecular flexibility index (Phi) is 3.66. The SMILES string of the molecule is CCOc1cccc(NCc2noc(C)n2)c1N. The molecule has 6 nitrogen and oxygen atoms in total. The Morgan fingerprint density at radius 1 is 1.44 bits per heavy atom. The van der Waals surface area contributed by atoms with Gasteiger partial charge in [-0.2, -0.15) is 4.98 Å². The maximum atomic E-state index is 5.99. The number of nitrogens with one attached hydrogen (secondary N) is 1. The predicted octanol–water partition coefficient (Wildman–Crippen LogP) is 1.97. The fraction of sp³-hybridized carbons (Fsp3) is 0.333. The third kappa shape index (κ3) is 2.71. The first-order valence-corrected chi connectivity index (χ1v) is 5.75. The fourth-order valence-corrected chi connectivity index (χ4v) is 1.57. The van der Waals surface area contributed by atoms with E-state index < -0.39 is 0 Å². The lowest BCUT2D eigenvalue weighted by Crippen LogP contribution is -2.05. The van der Waals surface area contributed by atoms with Crippen molar-refractivity contribution in [2.24, 2.45) is 0 Å². The lowest BCUT2D eigenvalue weighted by atomic mass is 10.2. The summed E-state index contributed by atoms with van der Waals surface area (Å²) in [7, 11) is 0. The number of anilines is 2. The van der Waals surface area contributed by atoms with Gasteiger partial charge in [0.25, 0.3) is 0 Å². The monoisotopic (exact) mass is 248 g/mol. The summed E-state index contributed by atoms with van der Waals surface area (Å²) < 4.78 is 10.3. The summed E-state index contributed by atoms with van der Waals surface area (Å²) in [6.07, 6.45) is 0. The smallest absolute Gasteiger partial charge is 0.223 e. The van der Waals surface area contributed by atoms with Crippen molar-refractivity contribution in [1.29, 1.82) is 0 Å². The average molecular weight is 248 g/mol. The molecule has 0 saturated heterocycles. The minimum atomic E-state index is 0.455.